The van der Waals surface area contributed by atoms with Crippen LogP contribution in [-0.4, -0.2) is 54.4 Å². The Bertz CT molecular complexity index is 571. The van der Waals surface area contributed by atoms with E-state index in [-0.39, 0.29) is 36.4 Å². The summed E-state index contributed by atoms with van der Waals surface area (Å²) in [6.45, 7) is 2.14. The van der Waals surface area contributed by atoms with Gasteiger partial charge >= 0.3 is 0 Å². The topological polar surface area (TPSA) is 61.8 Å². The fourth-order valence-corrected chi connectivity index (χ4v) is 4.23. The minimum Gasteiger partial charge on any atom is -0.394 e. The van der Waals surface area contributed by atoms with E-state index in [2.05, 4.69) is 17.4 Å². The van der Waals surface area contributed by atoms with Gasteiger partial charge in [-0.25, -0.2) is 0 Å². The van der Waals surface area contributed by atoms with E-state index in [1.54, 1.807) is 0 Å². The van der Waals surface area contributed by atoms with Crippen LogP contribution < -0.4 is 5.32 Å². The van der Waals surface area contributed by atoms with Crippen LogP contribution in [0.3, 0.4) is 0 Å². The first-order valence-corrected chi connectivity index (χ1v) is 8.15. The summed E-state index contributed by atoms with van der Waals surface area (Å²) in [5, 5.41) is 13.3. The maximum atomic E-state index is 12.8. The number of rotatable bonds is 2. The molecule has 2 saturated heterocycles. The van der Waals surface area contributed by atoms with Crippen molar-refractivity contribution < 1.29 is 14.6 Å². The molecule has 2 N–H and O–H groups in total. The lowest BCUT2D eigenvalue weighted by molar-refractivity contribution is -0.157. The highest BCUT2D eigenvalue weighted by Crippen LogP contribution is 2.46. The predicted octanol–water partition coefficient (Wildman–Crippen LogP) is 1.19. The van der Waals surface area contributed by atoms with Crippen molar-refractivity contribution in [2.75, 3.05) is 31.7 Å². The molecule has 3 heterocycles. The van der Waals surface area contributed by atoms with Crippen LogP contribution in [0, 0.1) is 5.92 Å². The summed E-state index contributed by atoms with van der Waals surface area (Å²) in [6.07, 6.45) is 1.60. The number of para-hydroxylation sites is 1. The Kier molecular flexibility index (Phi) is 3.54. The fraction of sp³-hybridized carbons (Fsp3) is 0.588. The summed E-state index contributed by atoms with van der Waals surface area (Å²) in [5.41, 5.74) is 2.37. The Morgan fingerprint density at radius 2 is 2.09 bits per heavy atom. The Balaban J connectivity index is 1.57. The lowest BCUT2D eigenvalue weighted by atomic mass is 9.71. The summed E-state index contributed by atoms with van der Waals surface area (Å²) < 4.78 is 5.36. The molecule has 5 nitrogen and oxygen atoms in total. The van der Waals surface area contributed by atoms with Crippen LogP contribution >= 0.6 is 0 Å². The zero-order valence-corrected chi connectivity index (χ0v) is 12.6. The normalized spacial score (nSPS) is 30.8. The Morgan fingerprint density at radius 3 is 2.86 bits per heavy atom. The molecule has 0 aromatic heterocycles. The van der Waals surface area contributed by atoms with Gasteiger partial charge in [0, 0.05) is 37.3 Å². The number of carbonyl (C=O) groups is 1. The number of nitrogens with zero attached hydrogens (tertiary/aromatic N) is 1. The lowest BCUT2D eigenvalue weighted by Crippen LogP contribution is -2.70. The van der Waals surface area contributed by atoms with Gasteiger partial charge in [-0.1, -0.05) is 18.2 Å². The maximum absolute atomic E-state index is 12.8. The number of benzene rings is 1. The van der Waals surface area contributed by atoms with Crippen molar-refractivity contribution in [3.8, 4) is 0 Å². The SMILES string of the molecule is O=C(C1CCOCC1)N1[C@H](CO)[C@H]2c3ccccc3NC[C@H]21. The van der Waals surface area contributed by atoms with Crippen LogP contribution in [0.5, 0.6) is 0 Å². The quantitative estimate of drug-likeness (QED) is 0.861. The Labute approximate surface area is 130 Å². The molecule has 3 aliphatic rings. The molecule has 0 saturated carbocycles. The summed E-state index contributed by atoms with van der Waals surface area (Å²) in [5.74, 6) is 0.511. The van der Waals surface area contributed by atoms with Crippen molar-refractivity contribution in [3.63, 3.8) is 0 Å². The van der Waals surface area contributed by atoms with Crippen molar-refractivity contribution in [1.82, 2.24) is 4.90 Å². The highest BCUT2D eigenvalue weighted by molar-refractivity contribution is 5.82. The second-order valence-corrected chi connectivity index (χ2v) is 6.44. The average Bonchev–Trinajstić information content (AvgIpc) is 2.56. The number of fused-ring (bicyclic) bond motifs is 3. The molecule has 0 radical (unpaired) electrons. The maximum Gasteiger partial charge on any atom is 0.226 e. The molecule has 118 valence electrons. The molecule has 0 spiro atoms. The van der Waals surface area contributed by atoms with Gasteiger partial charge in [0.2, 0.25) is 5.91 Å². The van der Waals surface area contributed by atoms with Crippen LogP contribution in [0.15, 0.2) is 24.3 Å². The minimum atomic E-state index is -0.0800. The molecule has 1 amide bonds. The number of ether oxygens (including phenoxy) is 1. The first-order chi connectivity index (χ1) is 10.8. The second kappa shape index (κ2) is 5.56. The van der Waals surface area contributed by atoms with Crippen LogP contribution in [0.2, 0.25) is 0 Å². The zero-order valence-electron chi connectivity index (χ0n) is 12.6. The van der Waals surface area contributed by atoms with Crippen LogP contribution in [-0.2, 0) is 9.53 Å². The van der Waals surface area contributed by atoms with E-state index in [1.807, 2.05) is 17.0 Å². The van der Waals surface area contributed by atoms with Gasteiger partial charge in [0.15, 0.2) is 0 Å². The van der Waals surface area contributed by atoms with Crippen LogP contribution in [0.1, 0.15) is 24.3 Å². The van der Waals surface area contributed by atoms with Gasteiger partial charge in [-0.05, 0) is 24.5 Å². The van der Waals surface area contributed by atoms with Gasteiger partial charge in [-0.15, -0.1) is 0 Å². The molecule has 5 heteroatoms. The Hall–Kier alpha value is -1.59. The molecule has 1 aromatic rings. The van der Waals surface area contributed by atoms with E-state index < -0.39 is 0 Å². The van der Waals surface area contributed by atoms with Gasteiger partial charge < -0.3 is 20.1 Å². The number of aliphatic hydroxyl groups is 1. The molecule has 4 rings (SSSR count). The van der Waals surface area contributed by atoms with Crippen molar-refractivity contribution >= 4 is 11.6 Å². The summed E-state index contributed by atoms with van der Waals surface area (Å²) in [4.78, 5) is 14.8. The number of nitrogens with one attached hydrogen (secondary N) is 1. The van der Waals surface area contributed by atoms with Crippen LogP contribution in [0.4, 0.5) is 5.69 Å². The molecule has 3 aliphatic heterocycles. The first-order valence-electron chi connectivity index (χ1n) is 8.15. The van der Waals surface area contributed by atoms with Crippen molar-refractivity contribution in [3.05, 3.63) is 29.8 Å². The summed E-state index contributed by atoms with van der Waals surface area (Å²) in [7, 11) is 0. The van der Waals surface area contributed by atoms with Gasteiger partial charge in [0.25, 0.3) is 0 Å². The number of aliphatic hydroxyl groups excluding tert-OH is 1. The molecular weight excluding hydrogens is 280 g/mol. The molecule has 0 aliphatic carbocycles. The number of likely N-dealkylation sites (tertiary alicyclic amines) is 1. The first kappa shape index (κ1) is 14.0. The number of hydrogen-bond acceptors (Lipinski definition) is 4. The number of amides is 1. The van der Waals surface area contributed by atoms with Gasteiger partial charge in [0.05, 0.1) is 18.7 Å². The fourth-order valence-electron chi connectivity index (χ4n) is 4.23. The van der Waals surface area contributed by atoms with Crippen molar-refractivity contribution in [2.45, 2.75) is 30.8 Å². The molecule has 22 heavy (non-hydrogen) atoms. The number of hydrogen-bond donors (Lipinski definition) is 2. The molecule has 2 fully saturated rings. The van der Waals surface area contributed by atoms with Gasteiger partial charge in [-0.2, -0.15) is 0 Å². The molecule has 0 unspecified atom stereocenters. The van der Waals surface area contributed by atoms with Crippen molar-refractivity contribution in [2.24, 2.45) is 5.92 Å². The summed E-state index contributed by atoms with van der Waals surface area (Å²) >= 11 is 0. The van der Waals surface area contributed by atoms with E-state index in [0.29, 0.717) is 13.2 Å². The zero-order chi connectivity index (χ0) is 15.1. The third-order valence-corrected chi connectivity index (χ3v) is 5.38. The molecule has 1 aromatic carbocycles. The van der Waals surface area contributed by atoms with E-state index >= 15 is 0 Å². The average molecular weight is 302 g/mol. The number of carbonyl (C=O) groups excluding carboxylic acids is 1. The predicted molar refractivity (Wildman–Crippen MR) is 82.7 cm³/mol. The van der Waals surface area contributed by atoms with E-state index in [0.717, 1.165) is 25.1 Å². The van der Waals surface area contributed by atoms with Crippen LogP contribution in [0.25, 0.3) is 0 Å². The monoisotopic (exact) mass is 302 g/mol. The van der Waals surface area contributed by atoms with E-state index in [1.165, 1.54) is 5.56 Å². The summed E-state index contributed by atoms with van der Waals surface area (Å²) in [6, 6.07) is 8.32. The van der Waals surface area contributed by atoms with E-state index in [9.17, 15) is 9.90 Å². The van der Waals surface area contributed by atoms with Gasteiger partial charge in [0.1, 0.15) is 0 Å². The number of anilines is 1. The third kappa shape index (κ3) is 2.03. The molecule has 3 atom stereocenters. The standard InChI is InChI=1S/C17H22N2O3/c20-10-15-16-12-3-1-2-4-13(12)18-9-14(16)19(15)17(21)11-5-7-22-8-6-11/h1-4,11,14-16,18,20H,5-10H2/t14-,15-,16+/m1/s1. The molecular formula is C17H22N2O3. The van der Waals surface area contributed by atoms with Crippen molar-refractivity contribution in [1.29, 1.82) is 0 Å². The molecule has 0 bridgehead atoms. The highest BCUT2D eigenvalue weighted by atomic mass is 16.5. The second-order valence-electron chi connectivity index (χ2n) is 6.44. The highest BCUT2D eigenvalue weighted by Gasteiger charge is 2.54. The third-order valence-electron chi connectivity index (χ3n) is 5.38. The van der Waals surface area contributed by atoms with E-state index in [4.69, 9.17) is 4.74 Å². The van der Waals surface area contributed by atoms with Gasteiger partial charge in [-0.3, -0.25) is 4.79 Å². The largest absolute Gasteiger partial charge is 0.394 e. The lowest BCUT2D eigenvalue weighted by Gasteiger charge is -2.58. The minimum absolute atomic E-state index is 0.0322. The Morgan fingerprint density at radius 1 is 1.32 bits per heavy atom. The smallest absolute Gasteiger partial charge is 0.226 e.